The summed E-state index contributed by atoms with van der Waals surface area (Å²) >= 11 is 0. The van der Waals surface area contributed by atoms with Crippen molar-refractivity contribution in [1.29, 1.82) is 0 Å². The summed E-state index contributed by atoms with van der Waals surface area (Å²) in [6.45, 7) is 0. The number of nitrogens with two attached hydrogens (primary N) is 1. The summed E-state index contributed by atoms with van der Waals surface area (Å²) < 4.78 is 0. The highest BCUT2D eigenvalue weighted by molar-refractivity contribution is 4.78. The molecule has 0 aliphatic heterocycles. The van der Waals surface area contributed by atoms with Crippen LogP contribution in [0.25, 0.3) is 0 Å². The first kappa shape index (κ1) is 7.03. The van der Waals surface area contributed by atoms with E-state index in [-0.39, 0.29) is 0 Å². The number of nitrogens with zero attached hydrogens (tertiary/aromatic N) is 1. The van der Waals surface area contributed by atoms with Crippen LogP contribution in [0.3, 0.4) is 0 Å². The molecule has 9 heavy (non-hydrogen) atoms. The summed E-state index contributed by atoms with van der Waals surface area (Å²) in [6, 6.07) is 0.836. The highest BCUT2D eigenvalue weighted by Gasteiger charge is 2.15. The van der Waals surface area contributed by atoms with Gasteiger partial charge in [-0.2, -0.15) is 0 Å². The second-order valence-corrected chi connectivity index (χ2v) is 2.76. The predicted octanol–water partition coefficient (Wildman–Crippen LogP) is 0.652. The van der Waals surface area contributed by atoms with Crippen LogP contribution in [0, 0.1) is 7.05 Å². The van der Waals surface area contributed by atoms with Crippen molar-refractivity contribution < 1.29 is 0 Å². The molecule has 0 spiro atoms. The molecule has 1 radical (unpaired) electrons. The first-order chi connectivity index (χ1) is 4.33. The molecule has 1 fully saturated rings. The van der Waals surface area contributed by atoms with Crippen LogP contribution >= 0.6 is 0 Å². The first-order valence-corrected chi connectivity index (χ1v) is 3.54. The van der Waals surface area contributed by atoms with E-state index in [0.717, 1.165) is 6.42 Å². The average molecular weight is 126 g/mol. The highest BCUT2D eigenvalue weighted by atomic mass is 14.9. The summed E-state index contributed by atoms with van der Waals surface area (Å²) in [5.74, 6) is 0. The van der Waals surface area contributed by atoms with Gasteiger partial charge in [0.05, 0.1) is 0 Å². The van der Waals surface area contributed by atoms with E-state index in [4.69, 9.17) is 5.73 Å². The van der Waals surface area contributed by atoms with Crippen LogP contribution in [0.2, 0.25) is 0 Å². The molecule has 1 aliphatic carbocycles. The van der Waals surface area contributed by atoms with Gasteiger partial charge in [0.2, 0.25) is 0 Å². The van der Waals surface area contributed by atoms with Crippen LogP contribution in [0.15, 0.2) is 0 Å². The van der Waals surface area contributed by atoms with Crippen molar-refractivity contribution in [3.8, 4) is 0 Å². The largest absolute Gasteiger partial charge is 0.421 e. The predicted molar refractivity (Wildman–Crippen MR) is 37.7 cm³/mol. The Morgan fingerprint density at radius 3 is 2.67 bits per heavy atom. The molecule has 1 saturated carbocycles. The van der Waals surface area contributed by atoms with Gasteiger partial charge >= 0.3 is 0 Å². The Balaban J connectivity index is 2.23. The molecule has 2 heteroatoms. The SMILES string of the molecule is [CH2-][N]C1CCCC(N)C1. The summed E-state index contributed by atoms with van der Waals surface area (Å²) in [4.78, 5) is 0. The van der Waals surface area contributed by atoms with Gasteiger partial charge in [-0.15, -0.1) is 0 Å². The topological polar surface area (TPSA) is 40.1 Å². The zero-order valence-electron chi connectivity index (χ0n) is 5.71. The van der Waals surface area contributed by atoms with Gasteiger partial charge in [-0.05, 0) is 25.3 Å². The fourth-order valence-corrected chi connectivity index (χ4v) is 1.37. The minimum Gasteiger partial charge on any atom is -0.421 e. The maximum absolute atomic E-state index is 5.71. The summed E-state index contributed by atoms with van der Waals surface area (Å²) in [6.07, 6.45) is 4.64. The van der Waals surface area contributed by atoms with Crippen molar-refractivity contribution >= 4 is 0 Å². The fourth-order valence-electron chi connectivity index (χ4n) is 1.37. The summed E-state index contributed by atoms with van der Waals surface area (Å²) in [5.41, 5.74) is 5.71. The monoisotopic (exact) mass is 126 g/mol. The molecule has 2 unspecified atom stereocenters. The quantitative estimate of drug-likeness (QED) is 0.515. The number of hydrogen-bond donors (Lipinski definition) is 1. The Bertz CT molecular complexity index is 83.0. The lowest BCUT2D eigenvalue weighted by Gasteiger charge is -2.27. The van der Waals surface area contributed by atoms with Crippen molar-refractivity contribution in [1.82, 2.24) is 5.32 Å². The summed E-state index contributed by atoms with van der Waals surface area (Å²) in [7, 11) is 3.51. The van der Waals surface area contributed by atoms with Gasteiger partial charge in [0.1, 0.15) is 0 Å². The normalized spacial score (nSPS) is 36.7. The molecule has 0 aromatic rings. The van der Waals surface area contributed by atoms with Gasteiger partial charge in [0.15, 0.2) is 0 Å². The Labute approximate surface area is 56.8 Å². The number of hydrogen-bond acceptors (Lipinski definition) is 1. The number of rotatable bonds is 1. The molecular weight excluding hydrogens is 112 g/mol. The maximum Gasteiger partial charge on any atom is 0.00532 e. The third-order valence-electron chi connectivity index (χ3n) is 1.95. The molecule has 0 saturated heterocycles. The standard InChI is InChI=1S/C7H14N2/c1-9-7-4-2-3-6(8)5-7/h6-7H,1-5,8H2/q-1. The zero-order chi connectivity index (χ0) is 6.69. The lowest BCUT2D eigenvalue weighted by Crippen LogP contribution is -2.34. The van der Waals surface area contributed by atoms with Crippen LogP contribution in [0.1, 0.15) is 25.7 Å². The highest BCUT2D eigenvalue weighted by Crippen LogP contribution is 2.16. The van der Waals surface area contributed by atoms with Crippen molar-refractivity contribution in [3.05, 3.63) is 7.05 Å². The summed E-state index contributed by atoms with van der Waals surface area (Å²) in [5, 5.41) is 3.97. The minimum absolute atomic E-state index is 0.384. The third-order valence-corrected chi connectivity index (χ3v) is 1.95. The van der Waals surface area contributed by atoms with Gasteiger partial charge < -0.3 is 11.1 Å². The van der Waals surface area contributed by atoms with E-state index in [1.165, 1.54) is 19.3 Å². The molecular formula is C7H14N2-. The van der Waals surface area contributed by atoms with Crippen LogP contribution in [0.5, 0.6) is 0 Å². The van der Waals surface area contributed by atoms with E-state index in [0.29, 0.717) is 12.1 Å². The van der Waals surface area contributed by atoms with Gasteiger partial charge in [0, 0.05) is 6.04 Å². The first-order valence-electron chi connectivity index (χ1n) is 3.54. The van der Waals surface area contributed by atoms with Crippen LogP contribution < -0.4 is 11.1 Å². The second kappa shape index (κ2) is 3.18. The lowest BCUT2D eigenvalue weighted by molar-refractivity contribution is 0.358. The van der Waals surface area contributed by atoms with E-state index in [9.17, 15) is 0 Å². The smallest absolute Gasteiger partial charge is 0.00532 e. The fraction of sp³-hybridized carbons (Fsp3) is 0.857. The van der Waals surface area contributed by atoms with E-state index in [2.05, 4.69) is 12.4 Å². The van der Waals surface area contributed by atoms with E-state index in [1.54, 1.807) is 0 Å². The van der Waals surface area contributed by atoms with E-state index >= 15 is 0 Å². The van der Waals surface area contributed by atoms with Crippen molar-refractivity contribution in [2.24, 2.45) is 5.73 Å². The Morgan fingerprint density at radius 2 is 2.22 bits per heavy atom. The van der Waals surface area contributed by atoms with Crippen molar-refractivity contribution in [2.45, 2.75) is 37.8 Å². The van der Waals surface area contributed by atoms with Crippen molar-refractivity contribution in [3.63, 3.8) is 0 Å². The van der Waals surface area contributed by atoms with Gasteiger partial charge in [-0.3, -0.25) is 7.05 Å². The van der Waals surface area contributed by atoms with Gasteiger partial charge in [-0.1, -0.05) is 6.42 Å². The lowest BCUT2D eigenvalue weighted by atomic mass is 9.92. The molecule has 2 N–H and O–H groups in total. The van der Waals surface area contributed by atoms with Gasteiger partial charge in [0.25, 0.3) is 0 Å². The van der Waals surface area contributed by atoms with Crippen LogP contribution in [0.4, 0.5) is 0 Å². The minimum atomic E-state index is 0.384. The Morgan fingerprint density at radius 1 is 1.44 bits per heavy atom. The molecule has 1 aliphatic rings. The molecule has 0 aromatic heterocycles. The molecule has 2 nitrogen and oxygen atoms in total. The molecule has 0 heterocycles. The van der Waals surface area contributed by atoms with Crippen molar-refractivity contribution in [2.75, 3.05) is 0 Å². The molecule has 0 bridgehead atoms. The Kier molecular flexibility index (Phi) is 2.49. The van der Waals surface area contributed by atoms with E-state index in [1.807, 2.05) is 0 Å². The van der Waals surface area contributed by atoms with E-state index < -0.39 is 0 Å². The van der Waals surface area contributed by atoms with Crippen LogP contribution in [-0.4, -0.2) is 12.1 Å². The molecule has 1 rings (SSSR count). The maximum atomic E-state index is 5.71. The second-order valence-electron chi connectivity index (χ2n) is 2.76. The Hall–Kier alpha value is -0.0800. The van der Waals surface area contributed by atoms with Crippen LogP contribution in [-0.2, 0) is 0 Å². The van der Waals surface area contributed by atoms with Gasteiger partial charge in [-0.25, -0.2) is 0 Å². The molecule has 0 aromatic carbocycles. The molecule has 2 atom stereocenters. The zero-order valence-corrected chi connectivity index (χ0v) is 5.71. The molecule has 0 amide bonds. The third kappa shape index (κ3) is 1.95. The molecule has 53 valence electrons. The average Bonchev–Trinajstić information content (AvgIpc) is 1.88.